The lowest BCUT2D eigenvalue weighted by atomic mass is 10.0. The van der Waals surface area contributed by atoms with Crippen LogP contribution in [0.4, 0.5) is 0 Å². The largest absolute Gasteiger partial charge is 0.486 e. The molecule has 2 aliphatic rings. The van der Waals surface area contributed by atoms with Gasteiger partial charge >= 0.3 is 0 Å². The first-order chi connectivity index (χ1) is 11.7. The molecule has 1 fully saturated rings. The van der Waals surface area contributed by atoms with Crippen molar-refractivity contribution in [1.29, 1.82) is 0 Å². The number of amides is 1. The fraction of sp³-hybridized carbons (Fsp3) is 0.611. The Morgan fingerprint density at radius 2 is 2.00 bits per heavy atom. The average molecular weight is 389 g/mol. The lowest BCUT2D eigenvalue weighted by Crippen LogP contribution is -2.47. The Hall–Kier alpha value is -1.17. The van der Waals surface area contributed by atoms with E-state index in [4.69, 9.17) is 21.1 Å². The maximum absolute atomic E-state index is 12.9. The highest BCUT2D eigenvalue weighted by atomic mass is 35.5. The molecule has 1 aromatic rings. The van der Waals surface area contributed by atoms with Gasteiger partial charge in [0.05, 0.1) is 11.4 Å². The minimum absolute atomic E-state index is 0. The molecular formula is C18H26Cl2N2O3. The van der Waals surface area contributed by atoms with E-state index in [9.17, 15) is 4.79 Å². The number of hydrogen-bond donors (Lipinski definition) is 1. The number of rotatable bonds is 5. The number of fused-ring (bicyclic) bond motifs is 1. The van der Waals surface area contributed by atoms with E-state index in [0.717, 1.165) is 44.5 Å². The third kappa shape index (κ3) is 4.93. The Labute approximate surface area is 160 Å². The van der Waals surface area contributed by atoms with E-state index in [0.29, 0.717) is 42.2 Å². The van der Waals surface area contributed by atoms with Crippen molar-refractivity contribution in [2.75, 3.05) is 32.8 Å². The Bertz CT molecular complexity index is 592. The number of halogens is 2. The van der Waals surface area contributed by atoms with Gasteiger partial charge in [-0.2, -0.15) is 0 Å². The maximum Gasteiger partial charge on any atom is 0.227 e. The van der Waals surface area contributed by atoms with Gasteiger partial charge < -0.3 is 19.7 Å². The molecule has 0 spiro atoms. The molecule has 3 rings (SSSR count). The Balaban J connectivity index is 0.00000225. The zero-order valence-corrected chi connectivity index (χ0v) is 16.1. The molecule has 0 aromatic heterocycles. The molecular weight excluding hydrogens is 363 g/mol. The van der Waals surface area contributed by atoms with Gasteiger partial charge in [0.15, 0.2) is 11.5 Å². The molecule has 0 saturated carbocycles. The molecule has 1 saturated heterocycles. The number of carbonyl (C=O) groups is 1. The molecule has 0 unspecified atom stereocenters. The second-order valence-corrected chi connectivity index (χ2v) is 6.75. The number of nitrogens with zero attached hydrogens (tertiary/aromatic N) is 1. The maximum atomic E-state index is 12.9. The molecule has 2 aliphatic heterocycles. The third-order valence-electron chi connectivity index (χ3n) is 4.55. The van der Waals surface area contributed by atoms with Gasteiger partial charge in [0.25, 0.3) is 0 Å². The minimum atomic E-state index is 0. The summed E-state index contributed by atoms with van der Waals surface area (Å²) in [6, 6.07) is 4.04. The first-order valence-electron chi connectivity index (χ1n) is 8.77. The van der Waals surface area contributed by atoms with Crippen LogP contribution in [0.3, 0.4) is 0 Å². The highest BCUT2D eigenvalue weighted by Crippen LogP contribution is 2.38. The number of nitrogens with one attached hydrogen (secondary N) is 1. The Morgan fingerprint density at radius 1 is 1.28 bits per heavy atom. The van der Waals surface area contributed by atoms with Crippen LogP contribution < -0.4 is 14.8 Å². The van der Waals surface area contributed by atoms with Crippen LogP contribution in [0, 0.1) is 0 Å². The minimum Gasteiger partial charge on any atom is -0.486 e. The standard InChI is InChI=1S/C18H25ClN2O3.ClH/c1-2-7-21(14-3-5-20-6-4-14)17(22)12-13-10-15(19)18-16(11-13)23-8-9-24-18;/h10-11,14,20H,2-9,12H2,1H3;1H. The summed E-state index contributed by atoms with van der Waals surface area (Å²) in [5.41, 5.74) is 0.879. The van der Waals surface area contributed by atoms with Gasteiger partial charge in [-0.05, 0) is 50.0 Å². The number of carbonyl (C=O) groups excluding carboxylic acids is 1. The van der Waals surface area contributed by atoms with Crippen LogP contribution in [0.1, 0.15) is 31.7 Å². The van der Waals surface area contributed by atoms with Gasteiger partial charge in [0.1, 0.15) is 13.2 Å². The van der Waals surface area contributed by atoms with Crippen LogP contribution in [-0.2, 0) is 11.2 Å². The third-order valence-corrected chi connectivity index (χ3v) is 4.83. The van der Waals surface area contributed by atoms with Gasteiger partial charge in [0, 0.05) is 12.6 Å². The van der Waals surface area contributed by atoms with Crippen LogP contribution in [0.5, 0.6) is 11.5 Å². The zero-order valence-electron chi connectivity index (χ0n) is 14.6. The predicted molar refractivity (Wildman–Crippen MR) is 101 cm³/mol. The van der Waals surface area contributed by atoms with Crippen molar-refractivity contribution >= 4 is 29.9 Å². The van der Waals surface area contributed by atoms with Crippen LogP contribution >= 0.6 is 24.0 Å². The SMILES string of the molecule is CCCN(C(=O)Cc1cc(Cl)c2c(c1)OCCO2)C1CCNCC1.Cl. The summed E-state index contributed by atoms with van der Waals surface area (Å²) in [6.07, 6.45) is 3.36. The molecule has 1 amide bonds. The van der Waals surface area contributed by atoms with Crippen molar-refractivity contribution in [2.24, 2.45) is 0 Å². The van der Waals surface area contributed by atoms with Crippen LogP contribution in [0.25, 0.3) is 0 Å². The molecule has 25 heavy (non-hydrogen) atoms. The molecule has 0 aliphatic carbocycles. The summed E-state index contributed by atoms with van der Waals surface area (Å²) < 4.78 is 11.1. The van der Waals surface area contributed by atoms with Gasteiger partial charge in [-0.1, -0.05) is 18.5 Å². The van der Waals surface area contributed by atoms with Gasteiger partial charge in [-0.25, -0.2) is 0 Å². The van der Waals surface area contributed by atoms with Crippen molar-refractivity contribution in [3.8, 4) is 11.5 Å². The summed E-state index contributed by atoms with van der Waals surface area (Å²) in [7, 11) is 0. The van der Waals surface area contributed by atoms with E-state index in [1.807, 2.05) is 17.0 Å². The van der Waals surface area contributed by atoms with Crippen molar-refractivity contribution < 1.29 is 14.3 Å². The lowest BCUT2D eigenvalue weighted by molar-refractivity contribution is -0.133. The molecule has 7 heteroatoms. The number of hydrogen-bond acceptors (Lipinski definition) is 4. The fourth-order valence-corrected chi connectivity index (χ4v) is 3.70. The molecule has 2 heterocycles. The number of piperidine rings is 1. The van der Waals surface area contributed by atoms with Gasteiger partial charge in [-0.3, -0.25) is 4.79 Å². The van der Waals surface area contributed by atoms with E-state index in [1.165, 1.54) is 0 Å². The summed E-state index contributed by atoms with van der Waals surface area (Å²) in [5, 5.41) is 3.87. The second kappa shape index (κ2) is 9.51. The molecule has 1 N–H and O–H groups in total. The highest BCUT2D eigenvalue weighted by Gasteiger charge is 2.25. The number of ether oxygens (including phenoxy) is 2. The molecule has 0 atom stereocenters. The molecule has 5 nitrogen and oxygen atoms in total. The molecule has 1 aromatic carbocycles. The molecule has 0 radical (unpaired) electrons. The normalized spacial score (nSPS) is 16.9. The summed E-state index contributed by atoms with van der Waals surface area (Å²) in [4.78, 5) is 14.9. The average Bonchev–Trinajstić information content (AvgIpc) is 2.60. The summed E-state index contributed by atoms with van der Waals surface area (Å²) >= 11 is 6.28. The predicted octanol–water partition coefficient (Wildman–Crippen LogP) is 3.07. The first-order valence-corrected chi connectivity index (χ1v) is 9.15. The molecule has 0 bridgehead atoms. The van der Waals surface area contributed by atoms with Gasteiger partial charge in [-0.15, -0.1) is 12.4 Å². The monoisotopic (exact) mass is 388 g/mol. The Kier molecular flexibility index (Phi) is 7.66. The second-order valence-electron chi connectivity index (χ2n) is 6.35. The zero-order chi connectivity index (χ0) is 16.9. The molecule has 140 valence electrons. The van der Waals surface area contributed by atoms with Crippen LogP contribution in [0.2, 0.25) is 5.02 Å². The summed E-state index contributed by atoms with van der Waals surface area (Å²) in [5.74, 6) is 1.39. The van der Waals surface area contributed by atoms with Crippen molar-refractivity contribution in [1.82, 2.24) is 10.2 Å². The Morgan fingerprint density at radius 3 is 2.72 bits per heavy atom. The van der Waals surface area contributed by atoms with E-state index in [1.54, 1.807) is 0 Å². The van der Waals surface area contributed by atoms with Crippen molar-refractivity contribution in [3.63, 3.8) is 0 Å². The first kappa shape index (κ1) is 20.1. The van der Waals surface area contributed by atoms with Crippen LogP contribution in [0.15, 0.2) is 12.1 Å². The van der Waals surface area contributed by atoms with Crippen molar-refractivity contribution in [2.45, 2.75) is 38.6 Å². The van der Waals surface area contributed by atoms with Gasteiger partial charge in [0.2, 0.25) is 5.91 Å². The quantitative estimate of drug-likeness (QED) is 0.841. The van der Waals surface area contributed by atoms with E-state index in [-0.39, 0.29) is 18.3 Å². The smallest absolute Gasteiger partial charge is 0.227 e. The number of benzene rings is 1. The van der Waals surface area contributed by atoms with E-state index in [2.05, 4.69) is 12.2 Å². The van der Waals surface area contributed by atoms with Crippen molar-refractivity contribution in [3.05, 3.63) is 22.7 Å². The van der Waals surface area contributed by atoms with Crippen LogP contribution in [-0.4, -0.2) is 49.7 Å². The van der Waals surface area contributed by atoms with E-state index >= 15 is 0 Å². The lowest BCUT2D eigenvalue weighted by Gasteiger charge is -2.34. The fourth-order valence-electron chi connectivity index (χ4n) is 3.41. The highest BCUT2D eigenvalue weighted by molar-refractivity contribution is 6.32. The topological polar surface area (TPSA) is 50.8 Å². The van der Waals surface area contributed by atoms with E-state index < -0.39 is 0 Å². The summed E-state index contributed by atoms with van der Waals surface area (Å²) in [6.45, 7) is 5.90.